The number of methoxy groups -OCH3 is 1. The largest absolute Gasteiger partial charge is 0.497 e. The summed E-state index contributed by atoms with van der Waals surface area (Å²) in [5.74, 6) is -2.49. The topological polar surface area (TPSA) is 67.8 Å². The zero-order valence-corrected chi connectivity index (χ0v) is 13.4. The second kappa shape index (κ2) is 7.80. The Hall–Kier alpha value is -1.87. The van der Waals surface area contributed by atoms with E-state index in [1.165, 1.54) is 13.2 Å². The third-order valence-corrected chi connectivity index (χ3v) is 3.14. The maximum atomic E-state index is 13.9. The minimum atomic E-state index is -5.08. The molecule has 1 aromatic carbocycles. The molecule has 1 aliphatic rings. The van der Waals surface area contributed by atoms with Gasteiger partial charge in [0, 0.05) is 17.2 Å². The third-order valence-electron chi connectivity index (χ3n) is 3.14. The van der Waals surface area contributed by atoms with Crippen LogP contribution in [0.1, 0.15) is 25.5 Å². The molecule has 5 nitrogen and oxygen atoms in total. The number of alkyl halides is 3. The molecular formula is C15H19F4NO4. The van der Waals surface area contributed by atoms with E-state index in [-0.39, 0.29) is 17.4 Å². The fourth-order valence-corrected chi connectivity index (χ4v) is 2.07. The Kier molecular flexibility index (Phi) is 6.56. The van der Waals surface area contributed by atoms with E-state index in [0.29, 0.717) is 24.5 Å². The number of aliphatic carboxylic acids is 1. The highest BCUT2D eigenvalue weighted by Crippen LogP contribution is 2.26. The first kappa shape index (κ1) is 20.2. The molecule has 1 aliphatic heterocycles. The van der Waals surface area contributed by atoms with Crippen LogP contribution in [-0.2, 0) is 9.53 Å². The highest BCUT2D eigenvalue weighted by molar-refractivity contribution is 5.73. The minimum Gasteiger partial charge on any atom is -0.497 e. The van der Waals surface area contributed by atoms with Crippen LogP contribution in [0.3, 0.4) is 0 Å². The maximum Gasteiger partial charge on any atom is 0.490 e. The molecule has 1 fully saturated rings. The van der Waals surface area contributed by atoms with Crippen molar-refractivity contribution in [3.8, 4) is 5.75 Å². The Morgan fingerprint density at radius 2 is 2.00 bits per heavy atom. The molecule has 0 spiro atoms. The first-order chi connectivity index (χ1) is 11.0. The van der Waals surface area contributed by atoms with Crippen LogP contribution in [0.5, 0.6) is 5.75 Å². The van der Waals surface area contributed by atoms with E-state index in [1.54, 1.807) is 12.1 Å². The van der Waals surface area contributed by atoms with Gasteiger partial charge in [0.15, 0.2) is 0 Å². The SMILES string of the molecule is COc1ccc(C2COCC(C)(C)N2)c(F)c1.O=C(O)C(F)(F)F. The van der Waals surface area contributed by atoms with Gasteiger partial charge in [-0.05, 0) is 19.9 Å². The van der Waals surface area contributed by atoms with Crippen molar-refractivity contribution in [2.24, 2.45) is 0 Å². The first-order valence-electron chi connectivity index (χ1n) is 6.95. The van der Waals surface area contributed by atoms with Crippen molar-refractivity contribution in [3.63, 3.8) is 0 Å². The fourth-order valence-electron chi connectivity index (χ4n) is 2.07. The fraction of sp³-hybridized carbons (Fsp3) is 0.533. The normalized spacial score (nSPS) is 19.9. The predicted octanol–water partition coefficient (Wildman–Crippen LogP) is 2.91. The Labute approximate surface area is 136 Å². The van der Waals surface area contributed by atoms with Crippen LogP contribution in [-0.4, -0.2) is 43.1 Å². The first-order valence-corrected chi connectivity index (χ1v) is 6.95. The second-order valence-electron chi connectivity index (χ2n) is 5.79. The highest BCUT2D eigenvalue weighted by Gasteiger charge is 2.38. The van der Waals surface area contributed by atoms with Crippen molar-refractivity contribution in [3.05, 3.63) is 29.6 Å². The third kappa shape index (κ3) is 5.97. The Bertz CT molecular complexity index is 575. The molecule has 1 heterocycles. The number of hydrogen-bond acceptors (Lipinski definition) is 4. The maximum absolute atomic E-state index is 13.9. The molecule has 0 saturated carbocycles. The summed E-state index contributed by atoms with van der Waals surface area (Å²) in [6.07, 6.45) is -5.08. The van der Waals surface area contributed by atoms with Gasteiger partial charge in [0.05, 0.1) is 26.4 Å². The molecule has 1 unspecified atom stereocenters. The van der Waals surface area contributed by atoms with E-state index in [1.807, 2.05) is 13.8 Å². The van der Waals surface area contributed by atoms with Gasteiger partial charge < -0.3 is 19.9 Å². The molecule has 2 rings (SSSR count). The lowest BCUT2D eigenvalue weighted by Gasteiger charge is -2.37. The van der Waals surface area contributed by atoms with Crippen LogP contribution < -0.4 is 10.1 Å². The van der Waals surface area contributed by atoms with Crippen LogP contribution in [0.25, 0.3) is 0 Å². The summed E-state index contributed by atoms with van der Waals surface area (Å²) in [5.41, 5.74) is 0.494. The molecule has 0 bridgehead atoms. The van der Waals surface area contributed by atoms with Gasteiger partial charge in [-0.3, -0.25) is 0 Å². The van der Waals surface area contributed by atoms with Crippen molar-refractivity contribution < 1.29 is 36.9 Å². The number of hydrogen-bond donors (Lipinski definition) is 2. The summed E-state index contributed by atoms with van der Waals surface area (Å²) >= 11 is 0. The van der Waals surface area contributed by atoms with Gasteiger partial charge in [0.25, 0.3) is 0 Å². The van der Waals surface area contributed by atoms with Crippen molar-refractivity contribution in [2.75, 3.05) is 20.3 Å². The summed E-state index contributed by atoms with van der Waals surface area (Å²) in [6, 6.07) is 4.81. The van der Waals surface area contributed by atoms with E-state index in [4.69, 9.17) is 19.4 Å². The van der Waals surface area contributed by atoms with Gasteiger partial charge in [0.2, 0.25) is 0 Å². The minimum absolute atomic E-state index is 0.107. The van der Waals surface area contributed by atoms with E-state index in [2.05, 4.69) is 5.32 Å². The number of carbonyl (C=O) groups is 1. The van der Waals surface area contributed by atoms with Crippen LogP contribution in [0.15, 0.2) is 18.2 Å². The summed E-state index contributed by atoms with van der Waals surface area (Å²) in [6.45, 7) is 5.22. The molecule has 0 aromatic heterocycles. The number of halogens is 4. The van der Waals surface area contributed by atoms with Gasteiger partial charge in [-0.1, -0.05) is 6.07 Å². The molecule has 0 radical (unpaired) electrons. The molecule has 1 saturated heterocycles. The zero-order valence-electron chi connectivity index (χ0n) is 13.4. The van der Waals surface area contributed by atoms with Crippen molar-refractivity contribution >= 4 is 5.97 Å². The lowest BCUT2D eigenvalue weighted by atomic mass is 9.98. The number of carboxylic acids is 1. The molecular weight excluding hydrogens is 334 g/mol. The van der Waals surface area contributed by atoms with Crippen LogP contribution >= 0.6 is 0 Å². The number of benzene rings is 1. The van der Waals surface area contributed by atoms with Crippen molar-refractivity contribution in [1.29, 1.82) is 0 Å². The van der Waals surface area contributed by atoms with Gasteiger partial charge in [-0.25, -0.2) is 9.18 Å². The molecule has 0 amide bonds. The lowest BCUT2D eigenvalue weighted by Crippen LogP contribution is -2.51. The zero-order chi connectivity index (χ0) is 18.5. The monoisotopic (exact) mass is 353 g/mol. The van der Waals surface area contributed by atoms with E-state index >= 15 is 0 Å². The van der Waals surface area contributed by atoms with E-state index < -0.39 is 12.1 Å². The summed E-state index contributed by atoms with van der Waals surface area (Å²) < 4.78 is 56.1. The molecule has 136 valence electrons. The standard InChI is InChI=1S/C13H18FNO2.C2HF3O2/c1-13(2)8-17-7-12(15-13)10-5-4-9(16-3)6-11(10)14;3-2(4,5)1(6)7/h4-6,12,15H,7-8H2,1-3H3;(H,6,7). The van der Waals surface area contributed by atoms with E-state index in [0.717, 1.165) is 0 Å². The van der Waals surface area contributed by atoms with Gasteiger partial charge in [-0.2, -0.15) is 13.2 Å². The highest BCUT2D eigenvalue weighted by atomic mass is 19.4. The van der Waals surface area contributed by atoms with E-state index in [9.17, 15) is 17.6 Å². The van der Waals surface area contributed by atoms with Gasteiger partial charge in [0.1, 0.15) is 11.6 Å². The van der Waals surface area contributed by atoms with Crippen LogP contribution in [0.2, 0.25) is 0 Å². The van der Waals surface area contributed by atoms with Crippen molar-refractivity contribution in [2.45, 2.75) is 31.6 Å². The smallest absolute Gasteiger partial charge is 0.490 e. The Balaban J connectivity index is 0.000000351. The molecule has 0 aliphatic carbocycles. The molecule has 1 atom stereocenters. The average Bonchev–Trinajstić information content (AvgIpc) is 2.45. The van der Waals surface area contributed by atoms with Crippen molar-refractivity contribution in [1.82, 2.24) is 5.32 Å². The number of carboxylic acid groups (broad SMARTS) is 1. The second-order valence-corrected chi connectivity index (χ2v) is 5.79. The van der Waals surface area contributed by atoms with Gasteiger partial charge >= 0.3 is 12.1 Å². The number of morpholine rings is 1. The predicted molar refractivity (Wildman–Crippen MR) is 77.4 cm³/mol. The molecule has 2 N–H and O–H groups in total. The Morgan fingerprint density at radius 3 is 2.42 bits per heavy atom. The number of ether oxygens (including phenoxy) is 2. The summed E-state index contributed by atoms with van der Waals surface area (Å²) in [7, 11) is 1.53. The van der Waals surface area contributed by atoms with Crippen LogP contribution in [0.4, 0.5) is 17.6 Å². The molecule has 24 heavy (non-hydrogen) atoms. The number of nitrogens with one attached hydrogen (secondary N) is 1. The summed E-state index contributed by atoms with van der Waals surface area (Å²) in [5, 5.41) is 10.5. The quantitative estimate of drug-likeness (QED) is 0.801. The molecule has 9 heteroatoms. The van der Waals surface area contributed by atoms with Gasteiger partial charge in [-0.15, -0.1) is 0 Å². The lowest BCUT2D eigenvalue weighted by molar-refractivity contribution is -0.192. The number of rotatable bonds is 2. The van der Waals surface area contributed by atoms with Crippen LogP contribution in [0, 0.1) is 5.82 Å². The average molecular weight is 353 g/mol. The molecule has 1 aromatic rings. The summed E-state index contributed by atoms with van der Waals surface area (Å²) in [4.78, 5) is 8.90. The Morgan fingerprint density at radius 1 is 1.42 bits per heavy atom.